The number of carboxylic acids is 1. The topological polar surface area (TPSA) is 88.0 Å². The van der Waals surface area contributed by atoms with Gasteiger partial charge in [0, 0.05) is 28.8 Å². The van der Waals surface area contributed by atoms with Gasteiger partial charge in [-0.15, -0.1) is 0 Å². The largest absolute Gasteiger partial charge is 0.481 e. The molecule has 1 heterocycles. The normalized spacial score (nSPS) is 17.2. The molecule has 4 rings (SSSR count). The van der Waals surface area contributed by atoms with E-state index in [9.17, 15) is 14.7 Å². The summed E-state index contributed by atoms with van der Waals surface area (Å²) in [5.74, 6) is -3.23. The molecule has 39 heavy (non-hydrogen) atoms. The number of ether oxygens (including phenoxy) is 1. The van der Waals surface area contributed by atoms with Crippen LogP contribution in [0.5, 0.6) is 0 Å². The van der Waals surface area contributed by atoms with Crippen LogP contribution in [-0.2, 0) is 20.7 Å². The number of carboxylic acid groups (broad SMARTS) is 1. The fourth-order valence-electron chi connectivity index (χ4n) is 4.70. The number of hydrogen-bond acceptors (Lipinski definition) is 4. The minimum absolute atomic E-state index is 0.0795. The number of aliphatic imine (C=N–C) groups is 1. The third-order valence-corrected chi connectivity index (χ3v) is 6.78. The summed E-state index contributed by atoms with van der Waals surface area (Å²) < 4.78 is 5.96. The summed E-state index contributed by atoms with van der Waals surface area (Å²) in [6.45, 7) is 2.46. The zero-order chi connectivity index (χ0) is 27.6. The van der Waals surface area contributed by atoms with Crippen LogP contribution < -0.4 is 5.32 Å². The van der Waals surface area contributed by atoms with Crippen molar-refractivity contribution < 1.29 is 19.4 Å². The predicted molar refractivity (Wildman–Crippen MR) is 155 cm³/mol. The van der Waals surface area contributed by atoms with Gasteiger partial charge in [-0.3, -0.25) is 14.6 Å². The molecule has 3 aromatic rings. The monoisotopic (exact) mass is 542 g/mol. The van der Waals surface area contributed by atoms with E-state index >= 15 is 0 Å². The third-order valence-electron chi connectivity index (χ3n) is 6.54. The van der Waals surface area contributed by atoms with Crippen molar-refractivity contribution in [1.29, 1.82) is 0 Å². The molecule has 6 nitrogen and oxygen atoms in total. The summed E-state index contributed by atoms with van der Waals surface area (Å²) >= 11 is 6.28. The van der Waals surface area contributed by atoms with Gasteiger partial charge < -0.3 is 15.2 Å². The smallest absolute Gasteiger partial charge is 0.313 e. The lowest BCUT2D eigenvalue weighted by Gasteiger charge is -2.31. The molecule has 0 saturated heterocycles. The van der Waals surface area contributed by atoms with Crippen LogP contribution in [0.15, 0.2) is 107 Å². The number of carbonyl (C=O) groups excluding carboxylic acids is 1. The van der Waals surface area contributed by atoms with Crippen molar-refractivity contribution >= 4 is 35.3 Å². The lowest BCUT2D eigenvalue weighted by atomic mass is 9.75. The Labute approximate surface area is 233 Å². The standard InChI is InChI=1S/C32H31ClN2O4/c1-22-28(32(37)38)29(25-15-8-16-26(33)20-25)30(31(36)34-18-9-14-23-10-4-2-5-11-23)27(35-22)21-39-19-17-24-12-6-3-7-13-24/h2-16,20,28-29H,17-19,21H2,1H3,(H,34,36)(H,37,38). The van der Waals surface area contributed by atoms with E-state index in [2.05, 4.69) is 10.3 Å². The second-order valence-corrected chi connectivity index (χ2v) is 9.71. The molecule has 2 unspecified atom stereocenters. The van der Waals surface area contributed by atoms with E-state index in [4.69, 9.17) is 16.3 Å². The molecule has 0 bridgehead atoms. The second kappa shape index (κ2) is 13.7. The number of benzene rings is 3. The summed E-state index contributed by atoms with van der Waals surface area (Å²) in [6.07, 6.45) is 4.47. The highest BCUT2D eigenvalue weighted by molar-refractivity contribution is 6.30. The van der Waals surface area contributed by atoms with Gasteiger partial charge in [-0.05, 0) is 42.2 Å². The number of halogens is 1. The Kier molecular flexibility index (Phi) is 9.84. The van der Waals surface area contributed by atoms with Gasteiger partial charge in [-0.25, -0.2) is 0 Å². The van der Waals surface area contributed by atoms with E-state index in [1.807, 2.05) is 72.8 Å². The Morgan fingerprint density at radius 3 is 2.44 bits per heavy atom. The summed E-state index contributed by atoms with van der Waals surface area (Å²) in [5, 5.41) is 13.5. The summed E-state index contributed by atoms with van der Waals surface area (Å²) in [5.41, 5.74) is 3.90. The van der Waals surface area contributed by atoms with Crippen LogP contribution >= 0.6 is 11.6 Å². The molecule has 1 aliphatic heterocycles. The Hall–Kier alpha value is -4.00. The first-order valence-electron chi connectivity index (χ1n) is 12.8. The first-order chi connectivity index (χ1) is 18.9. The molecule has 7 heteroatoms. The quantitative estimate of drug-likeness (QED) is 0.293. The van der Waals surface area contributed by atoms with Gasteiger partial charge in [0.15, 0.2) is 0 Å². The van der Waals surface area contributed by atoms with Crippen LogP contribution in [-0.4, -0.2) is 42.5 Å². The highest BCUT2D eigenvalue weighted by Gasteiger charge is 2.41. The van der Waals surface area contributed by atoms with Gasteiger partial charge in [0.2, 0.25) is 5.91 Å². The first-order valence-corrected chi connectivity index (χ1v) is 13.2. The molecule has 1 amide bonds. The van der Waals surface area contributed by atoms with Gasteiger partial charge >= 0.3 is 5.97 Å². The summed E-state index contributed by atoms with van der Waals surface area (Å²) in [7, 11) is 0. The number of hydrogen-bond donors (Lipinski definition) is 2. The average molecular weight is 543 g/mol. The number of rotatable bonds is 11. The van der Waals surface area contributed by atoms with Gasteiger partial charge in [-0.2, -0.15) is 0 Å². The van der Waals surface area contributed by atoms with Crippen LogP contribution in [0.25, 0.3) is 6.08 Å². The van der Waals surface area contributed by atoms with Crippen molar-refractivity contribution in [2.75, 3.05) is 19.8 Å². The van der Waals surface area contributed by atoms with E-state index in [-0.39, 0.29) is 24.6 Å². The molecule has 0 fully saturated rings. The SMILES string of the molecule is CC1=NC(COCCc2ccccc2)=C(C(=O)NCC=Cc2ccccc2)C(c2cccc(Cl)c2)C1C(=O)O. The Morgan fingerprint density at radius 1 is 1.03 bits per heavy atom. The van der Waals surface area contributed by atoms with Crippen LogP contribution in [0.2, 0.25) is 5.02 Å². The zero-order valence-corrected chi connectivity index (χ0v) is 22.5. The third kappa shape index (κ3) is 7.53. The van der Waals surface area contributed by atoms with Crippen molar-refractivity contribution in [1.82, 2.24) is 5.32 Å². The minimum Gasteiger partial charge on any atom is -0.481 e. The van der Waals surface area contributed by atoms with Gasteiger partial charge in [0.1, 0.15) is 5.92 Å². The lowest BCUT2D eigenvalue weighted by Crippen LogP contribution is -2.39. The number of nitrogens with zero attached hydrogens (tertiary/aromatic N) is 1. The molecule has 0 saturated carbocycles. The van der Waals surface area contributed by atoms with Crippen molar-refractivity contribution in [3.05, 3.63) is 124 Å². The van der Waals surface area contributed by atoms with Gasteiger partial charge in [-0.1, -0.05) is 96.5 Å². The average Bonchev–Trinajstić information content (AvgIpc) is 2.94. The van der Waals surface area contributed by atoms with E-state index in [0.29, 0.717) is 35.0 Å². The van der Waals surface area contributed by atoms with Crippen LogP contribution in [0.4, 0.5) is 0 Å². The molecule has 0 aromatic heterocycles. The minimum atomic E-state index is -1.06. The molecule has 0 radical (unpaired) electrons. The van der Waals surface area contributed by atoms with Crippen LogP contribution in [0.3, 0.4) is 0 Å². The van der Waals surface area contributed by atoms with Crippen molar-refractivity contribution in [2.45, 2.75) is 19.3 Å². The van der Waals surface area contributed by atoms with Crippen LogP contribution in [0, 0.1) is 5.92 Å². The number of amides is 1. The maximum Gasteiger partial charge on any atom is 0.313 e. The van der Waals surface area contributed by atoms with Gasteiger partial charge in [0.25, 0.3) is 0 Å². The van der Waals surface area contributed by atoms with E-state index in [1.54, 1.807) is 31.2 Å². The highest BCUT2D eigenvalue weighted by atomic mass is 35.5. The Bertz CT molecular complexity index is 1380. The molecule has 200 valence electrons. The molecule has 2 atom stereocenters. The van der Waals surface area contributed by atoms with E-state index in [1.165, 1.54) is 0 Å². The van der Waals surface area contributed by atoms with Crippen LogP contribution in [0.1, 0.15) is 29.5 Å². The summed E-state index contributed by atoms with van der Waals surface area (Å²) in [4.78, 5) is 30.7. The van der Waals surface area contributed by atoms with Crippen molar-refractivity contribution in [3.8, 4) is 0 Å². The van der Waals surface area contributed by atoms with E-state index in [0.717, 1.165) is 11.1 Å². The van der Waals surface area contributed by atoms with Crippen molar-refractivity contribution in [3.63, 3.8) is 0 Å². The fraction of sp³-hybridized carbons (Fsp3) is 0.219. The Morgan fingerprint density at radius 2 is 1.74 bits per heavy atom. The lowest BCUT2D eigenvalue weighted by molar-refractivity contribution is -0.139. The maximum absolute atomic E-state index is 13.7. The molecular weight excluding hydrogens is 512 g/mol. The molecular formula is C32H31ClN2O4. The first kappa shape index (κ1) is 28.0. The van der Waals surface area contributed by atoms with E-state index < -0.39 is 17.8 Å². The molecule has 3 aromatic carbocycles. The number of aliphatic carboxylic acids is 1. The molecule has 0 aliphatic carbocycles. The highest BCUT2D eigenvalue weighted by Crippen LogP contribution is 2.40. The zero-order valence-electron chi connectivity index (χ0n) is 21.7. The second-order valence-electron chi connectivity index (χ2n) is 9.27. The molecule has 1 aliphatic rings. The Balaban J connectivity index is 1.62. The summed E-state index contributed by atoms with van der Waals surface area (Å²) in [6, 6.07) is 26.7. The fourth-order valence-corrected chi connectivity index (χ4v) is 4.90. The molecule has 0 spiro atoms. The predicted octanol–water partition coefficient (Wildman–Crippen LogP) is 5.94. The maximum atomic E-state index is 13.7. The molecule has 2 N–H and O–H groups in total. The van der Waals surface area contributed by atoms with Crippen molar-refractivity contribution in [2.24, 2.45) is 10.9 Å². The number of nitrogens with one attached hydrogen (secondary N) is 1. The van der Waals surface area contributed by atoms with Gasteiger partial charge in [0.05, 0.1) is 18.9 Å². The number of carbonyl (C=O) groups is 2.